The lowest BCUT2D eigenvalue weighted by atomic mass is 10.1. The zero-order chi connectivity index (χ0) is 19.3. The molecule has 138 valence electrons. The summed E-state index contributed by atoms with van der Waals surface area (Å²) in [5, 5.41) is 4.94. The quantitative estimate of drug-likeness (QED) is 0.579. The molecule has 0 atom stereocenters. The van der Waals surface area contributed by atoms with Gasteiger partial charge in [-0.1, -0.05) is 0 Å². The summed E-state index contributed by atoms with van der Waals surface area (Å²) in [5.74, 6) is -2.09. The van der Waals surface area contributed by atoms with E-state index < -0.39 is 44.7 Å². The van der Waals surface area contributed by atoms with E-state index in [1.54, 1.807) is 12.1 Å². The first-order chi connectivity index (χ1) is 12.2. The van der Waals surface area contributed by atoms with Gasteiger partial charge in [0.15, 0.2) is 12.4 Å². The molecule has 9 heteroatoms. The van der Waals surface area contributed by atoms with E-state index in [1.165, 1.54) is 12.1 Å². The molecule has 0 unspecified atom stereocenters. The topological polar surface area (TPSA) is 113 Å². The first kappa shape index (κ1) is 19.5. The number of primary sulfonamides is 1. The van der Waals surface area contributed by atoms with Crippen LogP contribution in [0.25, 0.3) is 0 Å². The number of nitrogens with two attached hydrogens (primary N) is 1. The van der Waals surface area contributed by atoms with Crippen LogP contribution < -0.4 is 9.88 Å². The Balaban J connectivity index is 2.07. The highest BCUT2D eigenvalue weighted by molar-refractivity contribution is 7.89. The van der Waals surface area contributed by atoms with E-state index in [4.69, 9.17) is 14.6 Å². The number of carbonyl (C=O) groups excluding carboxylic acids is 2. The minimum atomic E-state index is -4.11. The molecule has 0 fully saturated rings. The van der Waals surface area contributed by atoms with Crippen LogP contribution in [-0.2, 0) is 14.8 Å². The van der Waals surface area contributed by atoms with Gasteiger partial charge in [0.1, 0.15) is 11.6 Å². The number of ketones is 1. The molecule has 0 spiro atoms. The summed E-state index contributed by atoms with van der Waals surface area (Å²) >= 11 is 0. The minimum Gasteiger partial charge on any atom is -0.494 e. The molecule has 0 radical (unpaired) electrons. The van der Waals surface area contributed by atoms with E-state index in [9.17, 15) is 22.4 Å². The zero-order valence-electron chi connectivity index (χ0n) is 13.8. The van der Waals surface area contributed by atoms with Crippen molar-refractivity contribution in [3.05, 3.63) is 59.4 Å². The predicted octanol–water partition coefficient (Wildman–Crippen LogP) is 1.91. The van der Waals surface area contributed by atoms with Crippen LogP contribution in [-0.4, -0.2) is 33.4 Å². The molecule has 2 aromatic rings. The molecule has 2 N–H and O–H groups in total. The third-order valence-electron chi connectivity index (χ3n) is 3.31. The fourth-order valence-electron chi connectivity index (χ4n) is 2.03. The normalized spacial score (nSPS) is 11.0. The molecule has 7 nitrogen and oxygen atoms in total. The molecule has 2 rings (SSSR count). The molecule has 26 heavy (non-hydrogen) atoms. The van der Waals surface area contributed by atoms with Gasteiger partial charge in [-0.3, -0.25) is 4.79 Å². The Kier molecular flexibility index (Phi) is 6.06. The smallest absolute Gasteiger partial charge is 0.341 e. The summed E-state index contributed by atoms with van der Waals surface area (Å²) in [6.07, 6.45) is 0. The largest absolute Gasteiger partial charge is 0.494 e. The summed E-state index contributed by atoms with van der Waals surface area (Å²) < 4.78 is 46.3. The van der Waals surface area contributed by atoms with Crippen LogP contribution in [0.3, 0.4) is 0 Å². The van der Waals surface area contributed by atoms with Gasteiger partial charge in [0.05, 0.1) is 17.1 Å². The minimum absolute atomic E-state index is 0.278. The molecule has 2 aromatic carbocycles. The number of hydrogen-bond donors (Lipinski definition) is 1. The third kappa shape index (κ3) is 4.87. The first-order valence-corrected chi connectivity index (χ1v) is 9.02. The van der Waals surface area contributed by atoms with E-state index in [2.05, 4.69) is 0 Å². The second kappa shape index (κ2) is 8.07. The molecule has 0 amide bonds. The van der Waals surface area contributed by atoms with E-state index in [0.29, 0.717) is 12.4 Å². The number of Topliss-reactive ketones (excluding diaryl/α,β-unsaturated/α-hetero) is 1. The predicted molar refractivity (Wildman–Crippen MR) is 90.0 cm³/mol. The van der Waals surface area contributed by atoms with Crippen LogP contribution in [0.5, 0.6) is 5.75 Å². The Morgan fingerprint density at radius 3 is 2.35 bits per heavy atom. The summed E-state index contributed by atoms with van der Waals surface area (Å²) in [7, 11) is -4.11. The van der Waals surface area contributed by atoms with Crippen LogP contribution in [0.2, 0.25) is 0 Å². The van der Waals surface area contributed by atoms with Crippen molar-refractivity contribution in [3.63, 3.8) is 0 Å². The van der Waals surface area contributed by atoms with Crippen molar-refractivity contribution < 1.29 is 31.9 Å². The van der Waals surface area contributed by atoms with Crippen LogP contribution >= 0.6 is 0 Å². The molecule has 0 aromatic heterocycles. The maximum atomic E-state index is 13.7. The molecule has 0 aliphatic heterocycles. The SMILES string of the molecule is CCOc1ccc(C(=O)COC(=O)c2cc(S(N)(=O)=O)ccc2F)cc1. The number of rotatable bonds is 7. The second-order valence-corrected chi connectivity index (χ2v) is 6.70. The molecule has 0 aliphatic rings. The second-order valence-electron chi connectivity index (χ2n) is 5.14. The molecule has 0 saturated heterocycles. The molecular formula is C17H16FNO6S. The van der Waals surface area contributed by atoms with Crippen molar-refractivity contribution in [1.82, 2.24) is 0 Å². The maximum Gasteiger partial charge on any atom is 0.341 e. The van der Waals surface area contributed by atoms with Gasteiger partial charge in [-0.15, -0.1) is 0 Å². The van der Waals surface area contributed by atoms with Gasteiger partial charge in [0.25, 0.3) is 0 Å². The number of hydrogen-bond acceptors (Lipinski definition) is 6. The van der Waals surface area contributed by atoms with Gasteiger partial charge in [0, 0.05) is 5.56 Å². The number of esters is 1. The van der Waals surface area contributed by atoms with Crippen molar-refractivity contribution in [2.75, 3.05) is 13.2 Å². The zero-order valence-corrected chi connectivity index (χ0v) is 14.6. The molecule has 0 saturated carbocycles. The average Bonchev–Trinajstić information content (AvgIpc) is 2.59. The monoisotopic (exact) mass is 381 g/mol. The molecule has 0 aliphatic carbocycles. The Labute approximate surface area is 149 Å². The van der Waals surface area contributed by atoms with Gasteiger partial charge < -0.3 is 9.47 Å². The number of carbonyl (C=O) groups is 2. The average molecular weight is 381 g/mol. The number of halogens is 1. The van der Waals surface area contributed by atoms with Crippen LogP contribution in [0.1, 0.15) is 27.6 Å². The summed E-state index contributed by atoms with van der Waals surface area (Å²) in [5.41, 5.74) is -0.351. The first-order valence-electron chi connectivity index (χ1n) is 7.48. The van der Waals surface area contributed by atoms with E-state index in [-0.39, 0.29) is 5.56 Å². The number of sulfonamides is 1. The highest BCUT2D eigenvalue weighted by Gasteiger charge is 2.19. The summed E-state index contributed by atoms with van der Waals surface area (Å²) in [4.78, 5) is 23.5. The van der Waals surface area contributed by atoms with Crippen molar-refractivity contribution in [2.24, 2.45) is 5.14 Å². The Morgan fingerprint density at radius 2 is 1.77 bits per heavy atom. The molecular weight excluding hydrogens is 365 g/mol. The number of ether oxygens (including phenoxy) is 2. The maximum absolute atomic E-state index is 13.7. The highest BCUT2D eigenvalue weighted by atomic mass is 32.2. The highest BCUT2D eigenvalue weighted by Crippen LogP contribution is 2.16. The Morgan fingerprint density at radius 1 is 1.12 bits per heavy atom. The van der Waals surface area contributed by atoms with E-state index in [1.807, 2.05) is 6.92 Å². The van der Waals surface area contributed by atoms with Crippen molar-refractivity contribution in [3.8, 4) is 5.75 Å². The van der Waals surface area contributed by atoms with Gasteiger partial charge in [0.2, 0.25) is 10.0 Å². The fourth-order valence-corrected chi connectivity index (χ4v) is 2.57. The summed E-state index contributed by atoms with van der Waals surface area (Å²) in [6, 6.07) is 8.65. The Bertz CT molecular complexity index is 925. The van der Waals surface area contributed by atoms with E-state index in [0.717, 1.165) is 18.2 Å². The van der Waals surface area contributed by atoms with Gasteiger partial charge >= 0.3 is 5.97 Å². The van der Waals surface area contributed by atoms with Crippen molar-refractivity contribution in [2.45, 2.75) is 11.8 Å². The van der Waals surface area contributed by atoms with Crippen LogP contribution in [0, 0.1) is 5.82 Å². The van der Waals surface area contributed by atoms with Crippen LogP contribution in [0.15, 0.2) is 47.4 Å². The summed E-state index contributed by atoms with van der Waals surface area (Å²) in [6.45, 7) is 1.67. The third-order valence-corrected chi connectivity index (χ3v) is 4.22. The van der Waals surface area contributed by atoms with Gasteiger partial charge in [-0.05, 0) is 49.4 Å². The lowest BCUT2D eigenvalue weighted by Crippen LogP contribution is -2.17. The van der Waals surface area contributed by atoms with Gasteiger partial charge in [-0.2, -0.15) is 0 Å². The van der Waals surface area contributed by atoms with Crippen molar-refractivity contribution >= 4 is 21.8 Å². The molecule has 0 heterocycles. The standard InChI is InChI=1S/C17H16FNO6S/c1-2-24-12-5-3-11(4-6-12)16(20)10-25-17(21)14-9-13(26(19,22)23)7-8-15(14)18/h3-9H,2,10H2,1H3,(H2,19,22,23). The fraction of sp³-hybridized carbons (Fsp3) is 0.176. The number of benzene rings is 2. The van der Waals surface area contributed by atoms with Crippen molar-refractivity contribution in [1.29, 1.82) is 0 Å². The lowest BCUT2D eigenvalue weighted by Gasteiger charge is -2.07. The lowest BCUT2D eigenvalue weighted by molar-refractivity contribution is 0.0470. The molecule has 0 bridgehead atoms. The van der Waals surface area contributed by atoms with Crippen LogP contribution in [0.4, 0.5) is 4.39 Å². The Hall–Kier alpha value is -2.78. The van der Waals surface area contributed by atoms with Gasteiger partial charge in [-0.25, -0.2) is 22.7 Å². The van der Waals surface area contributed by atoms with E-state index >= 15 is 0 Å².